The zero-order valence-electron chi connectivity index (χ0n) is 9.61. The standard InChI is InChI=1S/C12H20O2Si/c1-3-13-15(14-4-2)11-10-12-8-6-5-7-9-12/h5-9,15H,3-4,10-11H2,1-2H3. The van der Waals surface area contributed by atoms with Crippen LogP contribution in [0.4, 0.5) is 0 Å². The van der Waals surface area contributed by atoms with E-state index in [1.807, 2.05) is 19.9 Å². The molecule has 2 nitrogen and oxygen atoms in total. The lowest BCUT2D eigenvalue weighted by Crippen LogP contribution is -2.23. The molecule has 0 unspecified atom stereocenters. The van der Waals surface area contributed by atoms with Gasteiger partial charge in [0.2, 0.25) is 0 Å². The second kappa shape index (κ2) is 7.62. The van der Waals surface area contributed by atoms with Gasteiger partial charge in [-0.3, -0.25) is 0 Å². The van der Waals surface area contributed by atoms with Gasteiger partial charge in [-0.05, 0) is 31.9 Å². The van der Waals surface area contributed by atoms with Gasteiger partial charge < -0.3 is 8.85 Å². The first kappa shape index (κ1) is 12.4. The minimum absolute atomic E-state index is 0.770. The molecule has 0 spiro atoms. The molecule has 0 radical (unpaired) electrons. The van der Waals surface area contributed by atoms with Gasteiger partial charge in [0.05, 0.1) is 0 Å². The van der Waals surface area contributed by atoms with Gasteiger partial charge in [-0.15, -0.1) is 0 Å². The van der Waals surface area contributed by atoms with Gasteiger partial charge in [0.25, 0.3) is 0 Å². The van der Waals surface area contributed by atoms with Gasteiger partial charge >= 0.3 is 9.28 Å². The minimum Gasteiger partial charge on any atom is -0.397 e. The fraction of sp³-hybridized carbons (Fsp3) is 0.500. The molecule has 0 amide bonds. The molecule has 3 heteroatoms. The predicted octanol–water partition coefficient (Wildman–Crippen LogP) is 2.52. The van der Waals surface area contributed by atoms with Crippen LogP contribution in [0.2, 0.25) is 6.04 Å². The van der Waals surface area contributed by atoms with Gasteiger partial charge in [-0.2, -0.15) is 0 Å². The fourth-order valence-electron chi connectivity index (χ4n) is 1.52. The third kappa shape index (κ3) is 5.11. The summed E-state index contributed by atoms with van der Waals surface area (Å²) in [5.41, 5.74) is 1.37. The molecule has 0 aromatic heterocycles. The molecule has 15 heavy (non-hydrogen) atoms. The summed E-state index contributed by atoms with van der Waals surface area (Å²) in [6.45, 7) is 5.60. The Morgan fingerprint density at radius 3 is 2.13 bits per heavy atom. The van der Waals surface area contributed by atoms with Crippen LogP contribution in [0.25, 0.3) is 0 Å². The Morgan fingerprint density at radius 2 is 1.60 bits per heavy atom. The summed E-state index contributed by atoms with van der Waals surface area (Å²) in [5.74, 6) is 0. The number of aryl methyl sites for hydroxylation is 1. The van der Waals surface area contributed by atoms with Crippen molar-refractivity contribution in [3.8, 4) is 0 Å². The van der Waals surface area contributed by atoms with Crippen LogP contribution in [-0.4, -0.2) is 22.5 Å². The van der Waals surface area contributed by atoms with Crippen LogP contribution in [-0.2, 0) is 15.3 Å². The second-order valence-electron chi connectivity index (χ2n) is 3.36. The monoisotopic (exact) mass is 224 g/mol. The number of benzene rings is 1. The van der Waals surface area contributed by atoms with E-state index < -0.39 is 9.28 Å². The molecule has 0 saturated heterocycles. The summed E-state index contributed by atoms with van der Waals surface area (Å²) < 4.78 is 11.2. The molecule has 0 saturated carbocycles. The van der Waals surface area contributed by atoms with Gasteiger partial charge in [-0.25, -0.2) is 0 Å². The quantitative estimate of drug-likeness (QED) is 0.663. The Hall–Kier alpha value is -0.643. The van der Waals surface area contributed by atoms with Crippen molar-refractivity contribution in [1.82, 2.24) is 0 Å². The molecule has 1 aromatic carbocycles. The maximum atomic E-state index is 5.62. The maximum absolute atomic E-state index is 5.62. The van der Waals surface area contributed by atoms with Gasteiger partial charge in [0.1, 0.15) is 0 Å². The van der Waals surface area contributed by atoms with Crippen molar-refractivity contribution >= 4 is 9.28 Å². The first-order valence-electron chi connectivity index (χ1n) is 5.64. The van der Waals surface area contributed by atoms with E-state index in [9.17, 15) is 0 Å². The molecule has 0 bridgehead atoms. The molecule has 0 aliphatic heterocycles. The third-order valence-electron chi connectivity index (χ3n) is 2.22. The van der Waals surface area contributed by atoms with E-state index in [4.69, 9.17) is 8.85 Å². The van der Waals surface area contributed by atoms with E-state index in [-0.39, 0.29) is 0 Å². The molecule has 0 aliphatic carbocycles. The molecule has 1 rings (SSSR count). The van der Waals surface area contributed by atoms with Crippen LogP contribution in [0.1, 0.15) is 19.4 Å². The third-order valence-corrected chi connectivity index (χ3v) is 4.39. The van der Waals surface area contributed by atoms with Crippen molar-refractivity contribution in [2.24, 2.45) is 0 Å². The Morgan fingerprint density at radius 1 is 1.00 bits per heavy atom. The smallest absolute Gasteiger partial charge is 0.321 e. The maximum Gasteiger partial charge on any atom is 0.321 e. The Bertz CT molecular complexity index is 245. The highest BCUT2D eigenvalue weighted by atomic mass is 28.3. The summed E-state index contributed by atoms with van der Waals surface area (Å²) in [7, 11) is -1.40. The lowest BCUT2D eigenvalue weighted by molar-refractivity contribution is 0.213. The SMILES string of the molecule is CCO[SiH](CCc1ccccc1)OCC. The van der Waals surface area contributed by atoms with E-state index >= 15 is 0 Å². The molecule has 84 valence electrons. The summed E-state index contributed by atoms with van der Waals surface area (Å²) in [6.07, 6.45) is 1.07. The van der Waals surface area contributed by atoms with Gasteiger partial charge in [0, 0.05) is 13.2 Å². The van der Waals surface area contributed by atoms with Crippen LogP contribution in [0.3, 0.4) is 0 Å². The first-order chi connectivity index (χ1) is 7.36. The molecule has 0 N–H and O–H groups in total. The summed E-state index contributed by atoms with van der Waals surface area (Å²) in [4.78, 5) is 0. The van der Waals surface area contributed by atoms with E-state index in [0.717, 1.165) is 25.7 Å². The molecular formula is C12H20O2Si. The highest BCUT2D eigenvalue weighted by Crippen LogP contribution is 2.07. The molecule has 1 aromatic rings. The second-order valence-corrected chi connectivity index (χ2v) is 5.47. The van der Waals surface area contributed by atoms with Crippen LogP contribution < -0.4 is 0 Å². The van der Waals surface area contributed by atoms with Crippen molar-refractivity contribution in [2.75, 3.05) is 13.2 Å². The Balaban J connectivity index is 2.33. The largest absolute Gasteiger partial charge is 0.397 e. The normalized spacial score (nSPS) is 10.9. The highest BCUT2D eigenvalue weighted by molar-refractivity contribution is 6.44. The van der Waals surface area contributed by atoms with E-state index in [1.54, 1.807) is 0 Å². The Kier molecular flexibility index (Phi) is 6.32. The molecular weight excluding hydrogens is 204 g/mol. The van der Waals surface area contributed by atoms with Crippen molar-refractivity contribution in [1.29, 1.82) is 0 Å². The summed E-state index contributed by atoms with van der Waals surface area (Å²) >= 11 is 0. The van der Waals surface area contributed by atoms with Crippen LogP contribution >= 0.6 is 0 Å². The molecule has 0 aliphatic rings. The van der Waals surface area contributed by atoms with Crippen LogP contribution in [0, 0.1) is 0 Å². The van der Waals surface area contributed by atoms with E-state index in [0.29, 0.717) is 0 Å². The van der Waals surface area contributed by atoms with Crippen molar-refractivity contribution in [3.63, 3.8) is 0 Å². The first-order valence-corrected chi connectivity index (χ1v) is 7.39. The number of rotatable bonds is 7. The van der Waals surface area contributed by atoms with Crippen molar-refractivity contribution < 1.29 is 8.85 Å². The number of hydrogen-bond donors (Lipinski definition) is 0. The zero-order valence-corrected chi connectivity index (χ0v) is 10.8. The molecule has 0 fully saturated rings. The van der Waals surface area contributed by atoms with Crippen LogP contribution in [0.5, 0.6) is 0 Å². The topological polar surface area (TPSA) is 18.5 Å². The predicted molar refractivity (Wildman–Crippen MR) is 65.4 cm³/mol. The van der Waals surface area contributed by atoms with Crippen molar-refractivity contribution in [2.45, 2.75) is 26.3 Å². The zero-order chi connectivity index (χ0) is 10.9. The van der Waals surface area contributed by atoms with E-state index in [2.05, 4.69) is 24.3 Å². The summed E-state index contributed by atoms with van der Waals surface area (Å²) in [5, 5.41) is 0. The van der Waals surface area contributed by atoms with E-state index in [1.165, 1.54) is 5.56 Å². The van der Waals surface area contributed by atoms with Crippen molar-refractivity contribution in [3.05, 3.63) is 35.9 Å². The van der Waals surface area contributed by atoms with Gasteiger partial charge in [0.15, 0.2) is 0 Å². The van der Waals surface area contributed by atoms with Gasteiger partial charge in [-0.1, -0.05) is 30.3 Å². The minimum atomic E-state index is -1.40. The average molecular weight is 224 g/mol. The van der Waals surface area contributed by atoms with Crippen LogP contribution in [0.15, 0.2) is 30.3 Å². The Labute approximate surface area is 94.1 Å². The number of hydrogen-bond acceptors (Lipinski definition) is 2. The lowest BCUT2D eigenvalue weighted by atomic mass is 10.2. The molecule has 0 atom stereocenters. The fourth-order valence-corrected chi connectivity index (χ4v) is 3.26. The average Bonchev–Trinajstić information content (AvgIpc) is 2.28. The molecule has 0 heterocycles. The highest BCUT2D eigenvalue weighted by Gasteiger charge is 2.11. The lowest BCUT2D eigenvalue weighted by Gasteiger charge is -2.14. The summed E-state index contributed by atoms with van der Waals surface area (Å²) in [6, 6.07) is 11.6.